The minimum atomic E-state index is 0.330. The van der Waals surface area contributed by atoms with Gasteiger partial charge in [0.05, 0.1) is 5.69 Å². The quantitative estimate of drug-likeness (QED) is 0.849. The summed E-state index contributed by atoms with van der Waals surface area (Å²) >= 11 is 0. The molecule has 1 aromatic rings. The van der Waals surface area contributed by atoms with Crippen molar-refractivity contribution in [3.05, 3.63) is 11.8 Å². The van der Waals surface area contributed by atoms with Gasteiger partial charge in [-0.3, -0.25) is 0 Å². The molecule has 25 heavy (non-hydrogen) atoms. The maximum Gasteiger partial charge on any atom is 0.222 e. The van der Waals surface area contributed by atoms with E-state index in [0.717, 1.165) is 43.4 Å². The zero-order chi connectivity index (χ0) is 17.2. The highest BCUT2D eigenvalue weighted by Crippen LogP contribution is 2.36. The Balaban J connectivity index is 1.31. The molecular formula is C19H32N6. The van der Waals surface area contributed by atoms with E-state index in [1.807, 2.05) is 0 Å². The summed E-state index contributed by atoms with van der Waals surface area (Å²) < 4.78 is 0. The number of nitrogens with two attached hydrogens (primary N) is 2. The van der Waals surface area contributed by atoms with Crippen LogP contribution in [0.25, 0.3) is 0 Å². The molecule has 6 heteroatoms. The molecule has 138 valence electrons. The average molecular weight is 345 g/mol. The Morgan fingerprint density at radius 2 is 1.76 bits per heavy atom. The maximum absolute atomic E-state index is 5.98. The van der Waals surface area contributed by atoms with E-state index in [0.29, 0.717) is 17.9 Å². The van der Waals surface area contributed by atoms with Crippen LogP contribution in [-0.4, -0.2) is 53.6 Å². The molecule has 4 rings (SSSR count). The molecule has 0 aromatic carbocycles. The van der Waals surface area contributed by atoms with Crippen LogP contribution in [0, 0.1) is 5.92 Å². The van der Waals surface area contributed by atoms with Crippen LogP contribution in [-0.2, 0) is 0 Å². The van der Waals surface area contributed by atoms with Crippen molar-refractivity contribution in [2.45, 2.75) is 56.9 Å². The third kappa shape index (κ3) is 4.06. The third-order valence-electron chi connectivity index (χ3n) is 6.33. The Bertz CT molecular complexity index is 571. The molecule has 0 bridgehead atoms. The molecule has 0 radical (unpaired) electrons. The van der Waals surface area contributed by atoms with Gasteiger partial charge in [0, 0.05) is 31.1 Å². The largest absolute Gasteiger partial charge is 0.368 e. The second kappa shape index (κ2) is 7.46. The molecule has 0 amide bonds. The summed E-state index contributed by atoms with van der Waals surface area (Å²) in [7, 11) is 0. The summed E-state index contributed by atoms with van der Waals surface area (Å²) in [5.74, 6) is 2.75. The first-order valence-corrected chi connectivity index (χ1v) is 10.0. The Kier molecular flexibility index (Phi) is 5.08. The number of aromatic nitrogens is 2. The lowest BCUT2D eigenvalue weighted by molar-refractivity contribution is 0.280. The highest BCUT2D eigenvalue weighted by atomic mass is 15.2. The monoisotopic (exact) mass is 344 g/mol. The zero-order valence-corrected chi connectivity index (χ0v) is 15.2. The van der Waals surface area contributed by atoms with Crippen molar-refractivity contribution in [1.82, 2.24) is 14.9 Å². The predicted molar refractivity (Wildman–Crippen MR) is 102 cm³/mol. The van der Waals surface area contributed by atoms with Crippen LogP contribution >= 0.6 is 0 Å². The number of rotatable bonds is 5. The van der Waals surface area contributed by atoms with Crippen molar-refractivity contribution >= 4 is 11.8 Å². The number of piperidine rings is 1. The van der Waals surface area contributed by atoms with Gasteiger partial charge in [0.25, 0.3) is 0 Å². The molecule has 1 aromatic heterocycles. The van der Waals surface area contributed by atoms with Crippen molar-refractivity contribution in [2.75, 3.05) is 43.4 Å². The maximum atomic E-state index is 5.98. The van der Waals surface area contributed by atoms with E-state index in [-0.39, 0.29) is 0 Å². The lowest BCUT2D eigenvalue weighted by Gasteiger charge is -2.35. The van der Waals surface area contributed by atoms with Crippen LogP contribution < -0.4 is 16.4 Å². The minimum absolute atomic E-state index is 0.330. The van der Waals surface area contributed by atoms with Gasteiger partial charge in [0.2, 0.25) is 5.95 Å². The topological polar surface area (TPSA) is 84.3 Å². The molecule has 2 saturated heterocycles. The Labute approximate surface area is 151 Å². The summed E-state index contributed by atoms with van der Waals surface area (Å²) in [6, 6.07) is 2.48. The van der Waals surface area contributed by atoms with Gasteiger partial charge in [0.1, 0.15) is 5.82 Å². The molecule has 0 unspecified atom stereocenters. The number of nitrogens with zero attached hydrogens (tertiary/aromatic N) is 4. The van der Waals surface area contributed by atoms with Crippen molar-refractivity contribution in [3.63, 3.8) is 0 Å². The normalized spacial score (nSPS) is 28.3. The van der Waals surface area contributed by atoms with E-state index < -0.39 is 0 Å². The molecule has 4 N–H and O–H groups in total. The van der Waals surface area contributed by atoms with Gasteiger partial charge >= 0.3 is 0 Å². The predicted octanol–water partition coefficient (Wildman–Crippen LogP) is 1.97. The first kappa shape index (κ1) is 17.0. The van der Waals surface area contributed by atoms with Crippen LogP contribution in [0.1, 0.15) is 56.6 Å². The van der Waals surface area contributed by atoms with Gasteiger partial charge in [-0.05, 0) is 70.5 Å². The minimum Gasteiger partial charge on any atom is -0.368 e. The Hall–Kier alpha value is -1.40. The smallest absolute Gasteiger partial charge is 0.222 e. The van der Waals surface area contributed by atoms with Crippen LogP contribution in [0.4, 0.5) is 11.8 Å². The fraction of sp³-hybridized carbons (Fsp3) is 0.789. The van der Waals surface area contributed by atoms with Crippen molar-refractivity contribution < 1.29 is 0 Å². The van der Waals surface area contributed by atoms with Gasteiger partial charge < -0.3 is 21.3 Å². The van der Waals surface area contributed by atoms with Crippen LogP contribution in [0.15, 0.2) is 6.07 Å². The highest BCUT2D eigenvalue weighted by Gasteiger charge is 2.30. The molecule has 1 aliphatic carbocycles. The lowest BCUT2D eigenvalue weighted by Crippen LogP contribution is -2.37. The first-order valence-electron chi connectivity index (χ1n) is 10.0. The summed E-state index contributed by atoms with van der Waals surface area (Å²) in [6.07, 6.45) is 8.71. The zero-order valence-electron chi connectivity index (χ0n) is 15.2. The third-order valence-corrected chi connectivity index (χ3v) is 6.33. The molecule has 6 nitrogen and oxygen atoms in total. The molecule has 3 aliphatic rings. The second-order valence-electron chi connectivity index (χ2n) is 8.21. The van der Waals surface area contributed by atoms with E-state index in [1.165, 1.54) is 51.7 Å². The van der Waals surface area contributed by atoms with Gasteiger partial charge in [-0.1, -0.05) is 0 Å². The van der Waals surface area contributed by atoms with Crippen LogP contribution in [0.2, 0.25) is 0 Å². The van der Waals surface area contributed by atoms with Crippen molar-refractivity contribution in [2.24, 2.45) is 11.7 Å². The number of anilines is 2. The molecule has 3 heterocycles. The number of nitrogen functional groups attached to an aromatic ring is 1. The van der Waals surface area contributed by atoms with Gasteiger partial charge in [0.15, 0.2) is 0 Å². The van der Waals surface area contributed by atoms with Crippen molar-refractivity contribution in [1.29, 1.82) is 0 Å². The second-order valence-corrected chi connectivity index (χ2v) is 8.21. The van der Waals surface area contributed by atoms with Gasteiger partial charge in [-0.25, -0.2) is 4.98 Å². The molecule has 1 saturated carbocycles. The van der Waals surface area contributed by atoms with Gasteiger partial charge in [-0.15, -0.1) is 0 Å². The molecular weight excluding hydrogens is 312 g/mol. The first-order chi connectivity index (χ1) is 12.2. The standard InChI is InChI=1S/C19H32N6/c20-16-11-15(12-16)17-13-18(23-19(21)22-17)25-9-4-14(5-10-25)3-8-24-6-1-2-7-24/h13-16H,1-12,20H2,(H2,21,22,23). The number of likely N-dealkylation sites (tertiary alicyclic amines) is 1. The number of hydrogen-bond acceptors (Lipinski definition) is 6. The summed E-state index contributed by atoms with van der Waals surface area (Å²) in [5.41, 5.74) is 13.0. The van der Waals surface area contributed by atoms with Crippen molar-refractivity contribution in [3.8, 4) is 0 Å². The molecule has 0 atom stereocenters. The van der Waals surface area contributed by atoms with E-state index in [2.05, 4.69) is 25.8 Å². The fourth-order valence-corrected chi connectivity index (χ4v) is 4.57. The Morgan fingerprint density at radius 3 is 2.44 bits per heavy atom. The van der Waals surface area contributed by atoms with E-state index in [9.17, 15) is 0 Å². The average Bonchev–Trinajstić information content (AvgIpc) is 3.10. The fourth-order valence-electron chi connectivity index (χ4n) is 4.57. The van der Waals surface area contributed by atoms with Gasteiger partial charge in [-0.2, -0.15) is 4.98 Å². The SMILES string of the molecule is Nc1nc(C2CC(N)C2)cc(N2CCC(CCN3CCCC3)CC2)n1. The van der Waals surface area contributed by atoms with Crippen LogP contribution in [0.3, 0.4) is 0 Å². The summed E-state index contributed by atoms with van der Waals surface area (Å²) in [5, 5.41) is 0. The highest BCUT2D eigenvalue weighted by molar-refractivity contribution is 5.45. The lowest BCUT2D eigenvalue weighted by atomic mass is 9.78. The molecule has 3 fully saturated rings. The van der Waals surface area contributed by atoms with E-state index in [4.69, 9.17) is 11.5 Å². The molecule has 0 spiro atoms. The summed E-state index contributed by atoms with van der Waals surface area (Å²) in [4.78, 5) is 14.0. The summed E-state index contributed by atoms with van der Waals surface area (Å²) in [6.45, 7) is 6.09. The number of hydrogen-bond donors (Lipinski definition) is 2. The molecule has 2 aliphatic heterocycles. The van der Waals surface area contributed by atoms with E-state index >= 15 is 0 Å². The van der Waals surface area contributed by atoms with E-state index in [1.54, 1.807) is 0 Å². The Morgan fingerprint density at radius 1 is 1.04 bits per heavy atom. The van der Waals surface area contributed by atoms with Crippen LogP contribution in [0.5, 0.6) is 0 Å².